The van der Waals surface area contributed by atoms with Gasteiger partial charge in [-0.05, 0) is 47.4 Å². The molecule has 0 radical (unpaired) electrons. The number of nitrogens with one attached hydrogen (secondary N) is 2. The van der Waals surface area contributed by atoms with Crippen LogP contribution in [0.25, 0.3) is 11.1 Å². The molecule has 4 atom stereocenters. The van der Waals surface area contributed by atoms with E-state index >= 15 is 0 Å². The SMILES string of the molecule is O=C(NC[C@H]1CCC[C@H]1C(=O)N[C@H]1CCO[C@H]1C(=O)O)OCC1c2ccccc2-c2ccccc21. The lowest BCUT2D eigenvalue weighted by Gasteiger charge is -2.23. The summed E-state index contributed by atoms with van der Waals surface area (Å²) < 4.78 is 10.8. The van der Waals surface area contributed by atoms with Crippen LogP contribution in [-0.2, 0) is 19.1 Å². The van der Waals surface area contributed by atoms with Gasteiger partial charge in [0.25, 0.3) is 0 Å². The number of carboxylic acids is 1. The Balaban J connectivity index is 1.14. The number of carbonyl (C=O) groups excluding carboxylic acids is 2. The fourth-order valence-electron chi connectivity index (χ4n) is 5.76. The van der Waals surface area contributed by atoms with Crippen molar-refractivity contribution in [2.24, 2.45) is 11.8 Å². The molecule has 0 unspecified atom stereocenters. The molecule has 2 amide bonds. The molecular formula is C27H30N2O6. The second kappa shape index (κ2) is 10.1. The molecule has 1 saturated carbocycles. The first kappa shape index (κ1) is 23.4. The van der Waals surface area contributed by atoms with Gasteiger partial charge in [-0.1, -0.05) is 55.0 Å². The van der Waals surface area contributed by atoms with Gasteiger partial charge in [-0.3, -0.25) is 4.79 Å². The van der Waals surface area contributed by atoms with E-state index in [9.17, 15) is 19.5 Å². The monoisotopic (exact) mass is 478 g/mol. The lowest BCUT2D eigenvalue weighted by molar-refractivity contribution is -0.148. The van der Waals surface area contributed by atoms with Crippen LogP contribution in [0.1, 0.15) is 42.7 Å². The predicted octanol–water partition coefficient (Wildman–Crippen LogP) is 3.30. The van der Waals surface area contributed by atoms with Gasteiger partial charge in [-0.25, -0.2) is 9.59 Å². The van der Waals surface area contributed by atoms with Crippen molar-refractivity contribution in [1.82, 2.24) is 10.6 Å². The van der Waals surface area contributed by atoms with Crippen molar-refractivity contribution >= 4 is 18.0 Å². The number of aliphatic carboxylic acids is 1. The Morgan fingerprint density at radius 3 is 2.34 bits per heavy atom. The summed E-state index contributed by atoms with van der Waals surface area (Å²) in [7, 11) is 0. The number of ether oxygens (including phenoxy) is 2. The van der Waals surface area contributed by atoms with Gasteiger partial charge >= 0.3 is 12.1 Å². The summed E-state index contributed by atoms with van der Waals surface area (Å²) in [5.41, 5.74) is 4.67. The zero-order valence-corrected chi connectivity index (χ0v) is 19.4. The molecule has 35 heavy (non-hydrogen) atoms. The van der Waals surface area contributed by atoms with Crippen LogP contribution in [0, 0.1) is 11.8 Å². The Hall–Kier alpha value is -3.39. The first-order valence-corrected chi connectivity index (χ1v) is 12.3. The third-order valence-electron chi connectivity index (χ3n) is 7.51. The smallest absolute Gasteiger partial charge is 0.407 e. The van der Waals surface area contributed by atoms with Crippen molar-refractivity contribution < 1.29 is 29.0 Å². The van der Waals surface area contributed by atoms with Crippen molar-refractivity contribution in [3.8, 4) is 11.1 Å². The molecule has 2 aromatic rings. The first-order chi connectivity index (χ1) is 17.0. The Morgan fingerprint density at radius 2 is 1.66 bits per heavy atom. The topological polar surface area (TPSA) is 114 Å². The van der Waals surface area contributed by atoms with Crippen molar-refractivity contribution in [1.29, 1.82) is 0 Å². The second-order valence-corrected chi connectivity index (χ2v) is 9.54. The van der Waals surface area contributed by atoms with E-state index in [2.05, 4.69) is 34.9 Å². The fraction of sp³-hybridized carbons (Fsp3) is 0.444. The van der Waals surface area contributed by atoms with E-state index < -0.39 is 24.2 Å². The molecule has 8 nitrogen and oxygen atoms in total. The van der Waals surface area contributed by atoms with Gasteiger partial charge in [0.15, 0.2) is 6.10 Å². The van der Waals surface area contributed by atoms with Gasteiger partial charge in [-0.15, -0.1) is 0 Å². The van der Waals surface area contributed by atoms with Gasteiger partial charge in [0.2, 0.25) is 5.91 Å². The first-order valence-electron chi connectivity index (χ1n) is 12.3. The molecule has 3 N–H and O–H groups in total. The largest absolute Gasteiger partial charge is 0.479 e. The van der Waals surface area contributed by atoms with Gasteiger partial charge in [-0.2, -0.15) is 0 Å². The van der Waals surface area contributed by atoms with Gasteiger partial charge < -0.3 is 25.2 Å². The van der Waals surface area contributed by atoms with Crippen LogP contribution in [0.5, 0.6) is 0 Å². The minimum Gasteiger partial charge on any atom is -0.479 e. The standard InChI is InChI=1S/C27H30N2O6/c30-25(29-23-12-13-34-24(23)26(31)32)17-11-5-6-16(17)14-28-27(33)35-15-22-20-9-3-1-7-18(20)19-8-2-4-10-21(19)22/h1-4,7-10,16-17,22-24H,5-6,11-15H2,(H,28,33)(H,29,30)(H,31,32)/t16-,17-,23+,24-/m1/s1. The van der Waals surface area contributed by atoms with Gasteiger partial charge in [0.1, 0.15) is 6.61 Å². The quantitative estimate of drug-likeness (QED) is 0.563. The summed E-state index contributed by atoms with van der Waals surface area (Å²) in [6, 6.07) is 15.9. The molecule has 1 saturated heterocycles. The maximum atomic E-state index is 12.9. The average molecular weight is 479 g/mol. The van der Waals surface area contributed by atoms with E-state index in [0.29, 0.717) is 26.0 Å². The van der Waals surface area contributed by atoms with Crippen LogP contribution in [-0.4, -0.2) is 55.0 Å². The molecule has 5 rings (SSSR count). The highest BCUT2D eigenvalue weighted by Gasteiger charge is 2.39. The molecule has 0 bridgehead atoms. The Bertz CT molecular complexity index is 1070. The van der Waals surface area contributed by atoms with Gasteiger partial charge in [0.05, 0.1) is 6.04 Å². The normalized spacial score (nSPS) is 25.0. The van der Waals surface area contributed by atoms with E-state index in [1.54, 1.807) is 0 Å². The molecule has 3 aliphatic rings. The van der Waals surface area contributed by atoms with Crippen LogP contribution in [0.15, 0.2) is 48.5 Å². The van der Waals surface area contributed by atoms with E-state index in [0.717, 1.165) is 24.0 Å². The second-order valence-electron chi connectivity index (χ2n) is 9.54. The number of amides is 2. The fourth-order valence-corrected chi connectivity index (χ4v) is 5.76. The van der Waals surface area contributed by atoms with Gasteiger partial charge in [0, 0.05) is 25.0 Å². The Morgan fingerprint density at radius 1 is 0.971 bits per heavy atom. The van der Waals surface area contributed by atoms with Crippen LogP contribution >= 0.6 is 0 Å². The molecule has 2 fully saturated rings. The van der Waals surface area contributed by atoms with Crippen LogP contribution in [0.2, 0.25) is 0 Å². The molecule has 1 heterocycles. The van der Waals surface area contributed by atoms with Crippen molar-refractivity contribution in [2.45, 2.75) is 43.7 Å². The summed E-state index contributed by atoms with van der Waals surface area (Å²) in [5, 5.41) is 15.0. The molecule has 184 valence electrons. The number of alkyl carbamates (subject to hydrolysis) is 1. The third kappa shape index (κ3) is 4.75. The molecule has 0 spiro atoms. The molecular weight excluding hydrogens is 448 g/mol. The molecule has 8 heteroatoms. The third-order valence-corrected chi connectivity index (χ3v) is 7.51. The summed E-state index contributed by atoms with van der Waals surface area (Å²) in [5.74, 6) is -1.51. The maximum absolute atomic E-state index is 12.9. The highest BCUT2D eigenvalue weighted by Crippen LogP contribution is 2.44. The zero-order valence-electron chi connectivity index (χ0n) is 19.4. The molecule has 0 aromatic heterocycles. The highest BCUT2D eigenvalue weighted by atomic mass is 16.5. The molecule has 2 aliphatic carbocycles. The number of hydrogen-bond acceptors (Lipinski definition) is 5. The van der Waals surface area contributed by atoms with Crippen molar-refractivity contribution in [3.05, 3.63) is 59.7 Å². The average Bonchev–Trinajstić information content (AvgIpc) is 3.59. The van der Waals surface area contributed by atoms with E-state index in [4.69, 9.17) is 9.47 Å². The highest BCUT2D eigenvalue weighted by molar-refractivity contribution is 5.82. The minimum absolute atomic E-state index is 0.00558. The van der Waals surface area contributed by atoms with Crippen molar-refractivity contribution in [3.63, 3.8) is 0 Å². The van der Waals surface area contributed by atoms with Crippen LogP contribution in [0.3, 0.4) is 0 Å². The van der Waals surface area contributed by atoms with E-state index in [1.165, 1.54) is 11.1 Å². The number of carbonyl (C=O) groups is 3. The Labute approximate surface area is 204 Å². The minimum atomic E-state index is -1.06. The molecule has 1 aliphatic heterocycles. The molecule has 2 aromatic carbocycles. The zero-order chi connectivity index (χ0) is 24.4. The number of rotatable bonds is 7. The number of carboxylic acid groups (broad SMARTS) is 1. The lowest BCUT2D eigenvalue weighted by atomic mass is 9.94. The number of benzene rings is 2. The van der Waals surface area contributed by atoms with E-state index in [-0.39, 0.29) is 30.3 Å². The predicted molar refractivity (Wildman–Crippen MR) is 128 cm³/mol. The Kier molecular flexibility index (Phi) is 6.72. The maximum Gasteiger partial charge on any atom is 0.407 e. The summed E-state index contributed by atoms with van der Waals surface area (Å²) in [4.78, 5) is 36.7. The van der Waals surface area contributed by atoms with Crippen LogP contribution < -0.4 is 10.6 Å². The lowest BCUT2D eigenvalue weighted by Crippen LogP contribution is -2.47. The van der Waals surface area contributed by atoms with Crippen LogP contribution in [0.4, 0.5) is 4.79 Å². The summed E-state index contributed by atoms with van der Waals surface area (Å²) in [6.45, 7) is 0.907. The van der Waals surface area contributed by atoms with Crippen molar-refractivity contribution in [2.75, 3.05) is 19.8 Å². The van der Waals surface area contributed by atoms with E-state index in [1.807, 2.05) is 24.3 Å². The number of hydrogen-bond donors (Lipinski definition) is 3. The summed E-state index contributed by atoms with van der Waals surface area (Å²) >= 11 is 0. The number of fused-ring (bicyclic) bond motifs is 3. The summed E-state index contributed by atoms with van der Waals surface area (Å²) in [6.07, 6.45) is 1.42.